The third-order valence-electron chi connectivity index (χ3n) is 4.69. The molecule has 0 bridgehead atoms. The van der Waals surface area contributed by atoms with Gasteiger partial charge in [0, 0.05) is 12.5 Å². The Bertz CT molecular complexity index is 1070. The number of hydrogen-bond acceptors (Lipinski definition) is 6. The summed E-state index contributed by atoms with van der Waals surface area (Å²) in [6.45, 7) is 2.69. The first-order valence-corrected chi connectivity index (χ1v) is 8.69. The molecule has 1 N–H and O–H groups in total. The van der Waals surface area contributed by atoms with E-state index in [-0.39, 0.29) is 6.04 Å². The van der Waals surface area contributed by atoms with Gasteiger partial charge in [-0.1, -0.05) is 18.2 Å². The smallest absolute Gasteiger partial charge is 0.168 e. The van der Waals surface area contributed by atoms with Gasteiger partial charge in [-0.25, -0.2) is 24.3 Å². The Balaban J connectivity index is 1.52. The number of anilines is 1. The third kappa shape index (κ3) is 2.50. The molecule has 1 aromatic carbocycles. The Kier molecular flexibility index (Phi) is 3.41. The molecule has 130 valence electrons. The molecule has 1 atom stereocenters. The second-order valence-corrected chi connectivity index (χ2v) is 6.49. The molecular weight excluding hydrogens is 328 g/mol. The van der Waals surface area contributed by atoms with Crippen LogP contribution in [0.25, 0.3) is 16.7 Å². The highest BCUT2D eigenvalue weighted by Crippen LogP contribution is 2.25. The van der Waals surface area contributed by atoms with Crippen molar-refractivity contribution in [3.63, 3.8) is 0 Å². The summed E-state index contributed by atoms with van der Waals surface area (Å²) in [5, 5.41) is 13.3. The molecule has 1 aliphatic heterocycles. The highest BCUT2D eigenvalue weighted by atomic mass is 15.4. The normalized spacial score (nSPS) is 16.6. The molecule has 8 nitrogen and oxygen atoms in total. The van der Waals surface area contributed by atoms with E-state index in [4.69, 9.17) is 0 Å². The lowest BCUT2D eigenvalue weighted by atomic mass is 10.1. The fourth-order valence-electron chi connectivity index (χ4n) is 3.43. The Hall–Kier alpha value is -3.29. The van der Waals surface area contributed by atoms with E-state index in [0.717, 1.165) is 53.6 Å². The lowest BCUT2D eigenvalue weighted by molar-refractivity contribution is 0.441. The van der Waals surface area contributed by atoms with Crippen molar-refractivity contribution in [3.8, 4) is 5.69 Å². The molecule has 3 aromatic heterocycles. The lowest BCUT2D eigenvalue weighted by Crippen LogP contribution is -2.32. The summed E-state index contributed by atoms with van der Waals surface area (Å²) in [5.74, 6) is 2.59. The van der Waals surface area contributed by atoms with E-state index in [0.29, 0.717) is 0 Å². The number of benzene rings is 1. The van der Waals surface area contributed by atoms with Gasteiger partial charge in [-0.2, -0.15) is 10.2 Å². The second-order valence-electron chi connectivity index (χ2n) is 6.49. The standard InChI is InChI=1S/C18H18N8/c1-12-22-17(24-13-7-8-16-19-11-21-25(16)10-13)15-9-20-26(18(15)23-12)14-5-3-2-4-6-14/h2-6,9,11,13H,7-8,10H2,1H3,(H,22,23,24)/t13-/m1/s1. The van der Waals surface area contributed by atoms with Crippen LogP contribution in [0.4, 0.5) is 5.82 Å². The average Bonchev–Trinajstić information content (AvgIpc) is 3.28. The van der Waals surface area contributed by atoms with Crippen LogP contribution in [-0.4, -0.2) is 40.6 Å². The predicted octanol–water partition coefficient (Wildman–Crippen LogP) is 2.14. The van der Waals surface area contributed by atoms with Crippen LogP contribution in [-0.2, 0) is 13.0 Å². The topological polar surface area (TPSA) is 86.3 Å². The zero-order valence-corrected chi connectivity index (χ0v) is 14.4. The summed E-state index contributed by atoms with van der Waals surface area (Å²) in [6, 6.07) is 10.3. The molecule has 0 unspecified atom stereocenters. The van der Waals surface area contributed by atoms with Gasteiger partial charge in [-0.15, -0.1) is 0 Å². The minimum atomic E-state index is 0.252. The van der Waals surface area contributed by atoms with Crippen molar-refractivity contribution in [2.45, 2.75) is 32.4 Å². The maximum absolute atomic E-state index is 4.63. The number of nitrogens with zero attached hydrogens (tertiary/aromatic N) is 7. The molecule has 0 aliphatic carbocycles. The summed E-state index contributed by atoms with van der Waals surface area (Å²) in [4.78, 5) is 13.5. The SMILES string of the molecule is Cc1nc(N[C@@H]2CCc3ncnn3C2)c2cnn(-c3ccccc3)c2n1. The van der Waals surface area contributed by atoms with Gasteiger partial charge in [-0.3, -0.25) is 0 Å². The first-order chi connectivity index (χ1) is 12.8. The number of para-hydroxylation sites is 1. The Labute approximate surface area is 149 Å². The zero-order valence-electron chi connectivity index (χ0n) is 14.4. The van der Waals surface area contributed by atoms with Crippen LogP contribution in [0.5, 0.6) is 0 Å². The zero-order chi connectivity index (χ0) is 17.5. The molecule has 0 spiro atoms. The van der Waals surface area contributed by atoms with Crippen molar-refractivity contribution in [1.82, 2.24) is 34.5 Å². The number of nitrogens with one attached hydrogen (secondary N) is 1. The summed E-state index contributed by atoms with van der Waals surface area (Å²) in [6.07, 6.45) is 5.35. The highest BCUT2D eigenvalue weighted by Gasteiger charge is 2.22. The minimum absolute atomic E-state index is 0.252. The van der Waals surface area contributed by atoms with Gasteiger partial charge in [0.25, 0.3) is 0 Å². The number of aryl methyl sites for hydroxylation is 2. The molecule has 0 saturated carbocycles. The van der Waals surface area contributed by atoms with Gasteiger partial charge in [0.15, 0.2) is 5.65 Å². The first kappa shape index (κ1) is 15.0. The van der Waals surface area contributed by atoms with E-state index in [9.17, 15) is 0 Å². The second kappa shape index (κ2) is 5.91. The quantitative estimate of drug-likeness (QED) is 0.612. The molecule has 4 heterocycles. The van der Waals surface area contributed by atoms with Crippen LogP contribution in [0.3, 0.4) is 0 Å². The monoisotopic (exact) mass is 346 g/mol. The van der Waals surface area contributed by atoms with Crippen LogP contribution < -0.4 is 5.32 Å². The molecule has 0 saturated heterocycles. The van der Waals surface area contributed by atoms with Crippen LogP contribution in [0.2, 0.25) is 0 Å². The van der Waals surface area contributed by atoms with E-state index in [1.54, 1.807) is 6.33 Å². The van der Waals surface area contributed by atoms with Crippen molar-refractivity contribution in [1.29, 1.82) is 0 Å². The third-order valence-corrected chi connectivity index (χ3v) is 4.69. The number of fused-ring (bicyclic) bond motifs is 2. The molecule has 8 heteroatoms. The van der Waals surface area contributed by atoms with Gasteiger partial charge < -0.3 is 5.32 Å². The highest BCUT2D eigenvalue weighted by molar-refractivity contribution is 5.87. The van der Waals surface area contributed by atoms with E-state index < -0.39 is 0 Å². The van der Waals surface area contributed by atoms with Gasteiger partial charge in [0.05, 0.1) is 23.8 Å². The average molecular weight is 346 g/mol. The summed E-state index contributed by atoms with van der Waals surface area (Å²) in [7, 11) is 0. The number of aromatic nitrogens is 7. The van der Waals surface area contributed by atoms with Crippen molar-refractivity contribution in [3.05, 3.63) is 54.5 Å². The van der Waals surface area contributed by atoms with Crippen LogP contribution in [0, 0.1) is 6.92 Å². The summed E-state index contributed by atoms with van der Waals surface area (Å²) >= 11 is 0. The fraction of sp³-hybridized carbons (Fsp3) is 0.278. The van der Waals surface area contributed by atoms with Crippen molar-refractivity contribution < 1.29 is 0 Å². The van der Waals surface area contributed by atoms with Gasteiger partial charge >= 0.3 is 0 Å². The van der Waals surface area contributed by atoms with E-state index in [1.165, 1.54) is 0 Å². The Morgan fingerprint density at radius 1 is 1.12 bits per heavy atom. The largest absolute Gasteiger partial charge is 0.365 e. The van der Waals surface area contributed by atoms with E-state index in [2.05, 4.69) is 30.5 Å². The fourth-order valence-corrected chi connectivity index (χ4v) is 3.43. The Morgan fingerprint density at radius 3 is 2.88 bits per heavy atom. The molecule has 0 amide bonds. The van der Waals surface area contributed by atoms with Gasteiger partial charge in [0.1, 0.15) is 23.8 Å². The maximum Gasteiger partial charge on any atom is 0.168 e. The lowest BCUT2D eigenvalue weighted by Gasteiger charge is -2.24. The molecule has 0 radical (unpaired) electrons. The summed E-state index contributed by atoms with van der Waals surface area (Å²) < 4.78 is 3.81. The molecule has 4 aromatic rings. The van der Waals surface area contributed by atoms with Gasteiger partial charge in [0.2, 0.25) is 0 Å². The molecule has 0 fully saturated rings. The van der Waals surface area contributed by atoms with Crippen LogP contribution in [0.1, 0.15) is 18.1 Å². The Morgan fingerprint density at radius 2 is 2.00 bits per heavy atom. The molecule has 5 rings (SSSR count). The van der Waals surface area contributed by atoms with Crippen LogP contribution in [0.15, 0.2) is 42.9 Å². The van der Waals surface area contributed by atoms with E-state index >= 15 is 0 Å². The van der Waals surface area contributed by atoms with Crippen molar-refractivity contribution in [2.75, 3.05) is 5.32 Å². The molecule has 26 heavy (non-hydrogen) atoms. The first-order valence-electron chi connectivity index (χ1n) is 8.69. The van der Waals surface area contributed by atoms with Crippen molar-refractivity contribution >= 4 is 16.9 Å². The number of rotatable bonds is 3. The van der Waals surface area contributed by atoms with Crippen LogP contribution >= 0.6 is 0 Å². The van der Waals surface area contributed by atoms with Gasteiger partial charge in [-0.05, 0) is 25.5 Å². The number of hydrogen-bond donors (Lipinski definition) is 1. The molecular formula is C18H18N8. The predicted molar refractivity (Wildman–Crippen MR) is 97.2 cm³/mol. The summed E-state index contributed by atoms with van der Waals surface area (Å²) in [5.41, 5.74) is 1.79. The maximum atomic E-state index is 4.63. The van der Waals surface area contributed by atoms with Crippen molar-refractivity contribution in [2.24, 2.45) is 0 Å². The van der Waals surface area contributed by atoms with E-state index in [1.807, 2.05) is 52.8 Å². The minimum Gasteiger partial charge on any atom is -0.365 e. The molecule has 1 aliphatic rings.